The lowest BCUT2D eigenvalue weighted by atomic mass is 9.72. The summed E-state index contributed by atoms with van der Waals surface area (Å²) in [7, 11) is 0. The van der Waals surface area contributed by atoms with Gasteiger partial charge in [0.2, 0.25) is 5.91 Å². The average Bonchev–Trinajstić information content (AvgIpc) is 3.26. The molecule has 2 heterocycles. The lowest BCUT2D eigenvalue weighted by Crippen LogP contribution is -2.48. The first-order valence-electron chi connectivity index (χ1n) is 13.1. The smallest absolute Gasteiger partial charge is 0.314 e. The number of carboxylic acid groups (broad SMARTS) is 1. The molecule has 2 saturated heterocycles. The number of nitrogens with zero attached hydrogens (tertiary/aromatic N) is 2. The number of benzene rings is 3. The first kappa shape index (κ1) is 26.7. The molecule has 3 aromatic rings. The Morgan fingerprint density at radius 3 is 2.16 bits per heavy atom. The number of hydrogen-bond acceptors (Lipinski definition) is 3. The van der Waals surface area contributed by atoms with Gasteiger partial charge in [-0.25, -0.2) is 0 Å². The first-order valence-corrected chi connectivity index (χ1v) is 13.9. The van der Waals surface area contributed by atoms with Crippen molar-refractivity contribution in [2.75, 3.05) is 26.2 Å². The van der Waals surface area contributed by atoms with Gasteiger partial charge < -0.3 is 14.9 Å². The average molecular weight is 552 g/mol. The molecule has 0 radical (unpaired) electrons. The molecule has 1 N–H and O–H groups in total. The van der Waals surface area contributed by atoms with E-state index < -0.39 is 11.4 Å². The van der Waals surface area contributed by atoms with Gasteiger partial charge in [-0.05, 0) is 67.7 Å². The number of carbonyl (C=O) groups excluding carboxylic acids is 1. The minimum Gasteiger partial charge on any atom is -0.481 e. The van der Waals surface area contributed by atoms with Gasteiger partial charge >= 0.3 is 5.97 Å². The molecule has 3 aromatic carbocycles. The van der Waals surface area contributed by atoms with Crippen LogP contribution in [0.3, 0.4) is 0 Å². The van der Waals surface area contributed by atoms with Gasteiger partial charge in [0.15, 0.2) is 0 Å². The van der Waals surface area contributed by atoms with Crippen LogP contribution < -0.4 is 0 Å². The van der Waals surface area contributed by atoms with E-state index in [1.807, 2.05) is 83.8 Å². The van der Waals surface area contributed by atoms with Crippen molar-refractivity contribution < 1.29 is 14.7 Å². The maximum atomic E-state index is 13.3. The van der Waals surface area contributed by atoms with Gasteiger partial charge in [-0.1, -0.05) is 89.9 Å². The second-order valence-electron chi connectivity index (χ2n) is 10.7. The van der Waals surface area contributed by atoms with Crippen LogP contribution in [0.1, 0.15) is 42.4 Å². The Morgan fingerprint density at radius 1 is 0.868 bits per heavy atom. The van der Waals surface area contributed by atoms with Crippen LogP contribution in [0.25, 0.3) is 0 Å². The standard InChI is InChI=1S/C31H32Cl2N2O3/c32-26-12-11-25(19-27(26)33)30(20-28(36)35(22-30)21-23-7-3-1-4-8-23)13-16-34-17-14-31(15-18-34,29(37)38)24-9-5-2-6-10-24/h1-12,19H,13-18,20-22H2,(H,37,38). The highest BCUT2D eigenvalue weighted by molar-refractivity contribution is 6.42. The molecular weight excluding hydrogens is 519 g/mol. The Balaban J connectivity index is 1.33. The van der Waals surface area contributed by atoms with Crippen molar-refractivity contribution in [2.45, 2.75) is 43.1 Å². The van der Waals surface area contributed by atoms with Gasteiger partial charge in [0.1, 0.15) is 0 Å². The zero-order chi connectivity index (χ0) is 26.8. The van der Waals surface area contributed by atoms with Crippen LogP contribution in [0.15, 0.2) is 78.9 Å². The summed E-state index contributed by atoms with van der Waals surface area (Å²) in [6.07, 6.45) is 2.30. The fraction of sp³-hybridized carbons (Fsp3) is 0.355. The number of hydrogen-bond donors (Lipinski definition) is 1. The van der Waals surface area contributed by atoms with E-state index in [1.54, 1.807) is 0 Å². The second kappa shape index (κ2) is 11.1. The normalized spacial score (nSPS) is 21.5. The molecule has 2 aliphatic rings. The van der Waals surface area contributed by atoms with Crippen LogP contribution in [-0.2, 0) is 27.0 Å². The summed E-state index contributed by atoms with van der Waals surface area (Å²) in [5, 5.41) is 11.2. The molecule has 0 aromatic heterocycles. The Labute approximate surface area is 234 Å². The van der Waals surface area contributed by atoms with Gasteiger partial charge in [-0.15, -0.1) is 0 Å². The molecule has 7 heteroatoms. The molecule has 1 atom stereocenters. The predicted octanol–water partition coefficient (Wildman–Crippen LogP) is 6.17. The predicted molar refractivity (Wildman–Crippen MR) is 151 cm³/mol. The van der Waals surface area contributed by atoms with Gasteiger partial charge in [-0.2, -0.15) is 0 Å². The van der Waals surface area contributed by atoms with E-state index >= 15 is 0 Å². The number of piperidine rings is 1. The van der Waals surface area contributed by atoms with Crippen molar-refractivity contribution in [3.8, 4) is 0 Å². The van der Waals surface area contributed by atoms with Crippen molar-refractivity contribution in [1.82, 2.24) is 9.80 Å². The number of aliphatic carboxylic acids is 1. The molecule has 5 rings (SSSR count). The molecular formula is C31H32Cl2N2O3. The van der Waals surface area contributed by atoms with E-state index in [2.05, 4.69) is 4.90 Å². The third-order valence-electron chi connectivity index (χ3n) is 8.44. The van der Waals surface area contributed by atoms with Crippen LogP contribution in [0.4, 0.5) is 0 Å². The third-order valence-corrected chi connectivity index (χ3v) is 9.18. The largest absolute Gasteiger partial charge is 0.481 e. The topological polar surface area (TPSA) is 60.9 Å². The van der Waals surface area contributed by atoms with Crippen LogP contribution in [0, 0.1) is 0 Å². The number of rotatable bonds is 8. The summed E-state index contributed by atoms with van der Waals surface area (Å²) >= 11 is 12.7. The van der Waals surface area contributed by atoms with Crippen LogP contribution in [0.5, 0.6) is 0 Å². The van der Waals surface area contributed by atoms with Crippen LogP contribution in [-0.4, -0.2) is 53.0 Å². The quantitative estimate of drug-likeness (QED) is 0.364. The third kappa shape index (κ3) is 5.33. The first-order chi connectivity index (χ1) is 18.3. The van der Waals surface area contributed by atoms with E-state index in [0.717, 1.165) is 29.7 Å². The lowest BCUT2D eigenvalue weighted by molar-refractivity contribution is -0.146. The molecule has 38 heavy (non-hydrogen) atoms. The molecule has 1 amide bonds. The van der Waals surface area contributed by atoms with E-state index in [4.69, 9.17) is 23.2 Å². The molecule has 2 aliphatic heterocycles. The molecule has 0 saturated carbocycles. The zero-order valence-corrected chi connectivity index (χ0v) is 22.8. The van der Waals surface area contributed by atoms with E-state index in [0.29, 0.717) is 55.5 Å². The Hall–Kier alpha value is -2.86. The number of halogens is 2. The highest BCUT2D eigenvalue weighted by Gasteiger charge is 2.46. The molecule has 0 bridgehead atoms. The van der Waals surface area contributed by atoms with Crippen LogP contribution >= 0.6 is 23.2 Å². The minimum atomic E-state index is -0.852. The number of carbonyl (C=O) groups is 2. The number of likely N-dealkylation sites (tertiary alicyclic amines) is 2. The minimum absolute atomic E-state index is 0.132. The summed E-state index contributed by atoms with van der Waals surface area (Å²) in [6, 6.07) is 25.3. The molecule has 2 fully saturated rings. The van der Waals surface area contributed by atoms with Crippen molar-refractivity contribution in [1.29, 1.82) is 0 Å². The van der Waals surface area contributed by atoms with Gasteiger partial charge in [0.25, 0.3) is 0 Å². The maximum Gasteiger partial charge on any atom is 0.314 e. The van der Waals surface area contributed by atoms with Crippen molar-refractivity contribution in [3.05, 3.63) is 106 Å². The molecule has 0 aliphatic carbocycles. The monoisotopic (exact) mass is 550 g/mol. The summed E-state index contributed by atoms with van der Waals surface area (Å²) in [5.41, 5.74) is 1.76. The summed E-state index contributed by atoms with van der Waals surface area (Å²) in [4.78, 5) is 29.9. The SMILES string of the molecule is O=C1CC(CCN2CCC(C(=O)O)(c3ccccc3)CC2)(c2ccc(Cl)c(Cl)c2)CN1Cc1ccccc1. The Bertz CT molecular complexity index is 1290. The maximum absolute atomic E-state index is 13.3. The highest BCUT2D eigenvalue weighted by Crippen LogP contribution is 2.42. The van der Waals surface area contributed by atoms with Crippen molar-refractivity contribution >= 4 is 35.1 Å². The van der Waals surface area contributed by atoms with Gasteiger partial charge in [0.05, 0.1) is 15.5 Å². The molecule has 0 spiro atoms. The fourth-order valence-corrected chi connectivity index (χ4v) is 6.40. The molecule has 1 unspecified atom stereocenters. The van der Waals surface area contributed by atoms with Crippen molar-refractivity contribution in [3.63, 3.8) is 0 Å². The van der Waals surface area contributed by atoms with E-state index in [9.17, 15) is 14.7 Å². The summed E-state index contributed by atoms with van der Waals surface area (Å²) < 4.78 is 0. The van der Waals surface area contributed by atoms with E-state index in [1.165, 1.54) is 0 Å². The van der Waals surface area contributed by atoms with Crippen molar-refractivity contribution in [2.24, 2.45) is 0 Å². The summed E-state index contributed by atoms with van der Waals surface area (Å²) in [6.45, 7) is 3.35. The Kier molecular flexibility index (Phi) is 7.80. The van der Waals surface area contributed by atoms with Gasteiger partial charge in [0, 0.05) is 24.9 Å². The fourth-order valence-electron chi connectivity index (χ4n) is 6.10. The number of amides is 1. The molecule has 5 nitrogen and oxygen atoms in total. The van der Waals surface area contributed by atoms with Gasteiger partial charge in [-0.3, -0.25) is 9.59 Å². The lowest BCUT2D eigenvalue weighted by Gasteiger charge is -2.40. The zero-order valence-electron chi connectivity index (χ0n) is 21.3. The summed E-state index contributed by atoms with van der Waals surface area (Å²) in [5.74, 6) is -0.624. The van der Waals surface area contributed by atoms with Crippen LogP contribution in [0.2, 0.25) is 10.0 Å². The second-order valence-corrected chi connectivity index (χ2v) is 11.5. The molecule has 198 valence electrons. The van der Waals surface area contributed by atoms with E-state index in [-0.39, 0.29) is 11.3 Å². The Morgan fingerprint density at radius 2 is 1.53 bits per heavy atom. The number of carboxylic acids is 1. The highest BCUT2D eigenvalue weighted by atomic mass is 35.5.